The van der Waals surface area contributed by atoms with Crippen LogP contribution in [0.25, 0.3) is 0 Å². The minimum Gasteiger partial charge on any atom is -0.359 e. The van der Waals surface area contributed by atoms with Gasteiger partial charge < -0.3 is 10.2 Å². The Morgan fingerprint density at radius 3 is 2.91 bits per heavy atom. The number of pyridine rings is 1. The zero-order chi connectivity index (χ0) is 16.4. The first-order valence-corrected chi connectivity index (χ1v) is 7.54. The second-order valence-corrected chi connectivity index (χ2v) is 5.65. The molecule has 120 valence electrons. The number of hydrogen-bond acceptors (Lipinski definition) is 4. The van der Waals surface area contributed by atoms with Crippen molar-refractivity contribution < 1.29 is 9.59 Å². The maximum absolute atomic E-state index is 12.7. The van der Waals surface area contributed by atoms with Gasteiger partial charge in [0.2, 0.25) is 5.91 Å². The molecule has 0 aliphatic carbocycles. The van der Waals surface area contributed by atoms with Crippen LogP contribution >= 0.6 is 0 Å². The number of carbonyl (C=O) groups is 2. The van der Waals surface area contributed by atoms with Gasteiger partial charge in [-0.15, -0.1) is 0 Å². The average molecular weight is 313 g/mol. The van der Waals surface area contributed by atoms with E-state index in [4.69, 9.17) is 0 Å². The Hall–Kier alpha value is -2.70. The molecule has 3 heterocycles. The quantitative estimate of drug-likeness (QED) is 0.914. The van der Waals surface area contributed by atoms with E-state index in [0.29, 0.717) is 18.8 Å². The van der Waals surface area contributed by atoms with Crippen LogP contribution in [0.5, 0.6) is 0 Å². The van der Waals surface area contributed by atoms with Crippen molar-refractivity contribution >= 4 is 11.8 Å². The largest absolute Gasteiger partial charge is 0.359 e. The molecule has 1 aliphatic rings. The van der Waals surface area contributed by atoms with Crippen LogP contribution in [0.2, 0.25) is 0 Å². The van der Waals surface area contributed by atoms with Crippen LogP contribution in [0, 0.1) is 6.92 Å². The van der Waals surface area contributed by atoms with Gasteiger partial charge in [-0.05, 0) is 25.1 Å². The van der Waals surface area contributed by atoms with Gasteiger partial charge in [-0.2, -0.15) is 5.10 Å². The fourth-order valence-electron chi connectivity index (χ4n) is 2.83. The van der Waals surface area contributed by atoms with Crippen molar-refractivity contribution in [3.63, 3.8) is 0 Å². The molecule has 0 saturated heterocycles. The molecule has 0 aromatic carbocycles. The smallest absolute Gasteiger partial charge is 0.272 e. The van der Waals surface area contributed by atoms with Crippen LogP contribution in [0.3, 0.4) is 0 Å². The van der Waals surface area contributed by atoms with Crippen LogP contribution in [-0.4, -0.2) is 45.1 Å². The first kappa shape index (κ1) is 15.2. The summed E-state index contributed by atoms with van der Waals surface area (Å²) in [5, 5.41) is 6.91. The number of amides is 2. The molecular formula is C16H19N5O2. The molecule has 0 bridgehead atoms. The van der Waals surface area contributed by atoms with Gasteiger partial charge in [0.1, 0.15) is 5.69 Å². The van der Waals surface area contributed by atoms with Crippen LogP contribution in [0.4, 0.5) is 0 Å². The summed E-state index contributed by atoms with van der Waals surface area (Å²) in [6.45, 7) is 2.77. The topological polar surface area (TPSA) is 80.1 Å². The first-order valence-electron chi connectivity index (χ1n) is 7.54. The Labute approximate surface area is 134 Å². The van der Waals surface area contributed by atoms with Gasteiger partial charge in [0.25, 0.3) is 5.91 Å². The van der Waals surface area contributed by atoms with Gasteiger partial charge in [0.15, 0.2) is 0 Å². The van der Waals surface area contributed by atoms with Gasteiger partial charge >= 0.3 is 0 Å². The fraction of sp³-hybridized carbons (Fsp3) is 0.375. The summed E-state index contributed by atoms with van der Waals surface area (Å²) in [5.41, 5.74) is 2.16. The molecule has 0 radical (unpaired) electrons. The van der Waals surface area contributed by atoms with E-state index in [2.05, 4.69) is 15.4 Å². The van der Waals surface area contributed by atoms with Crippen molar-refractivity contribution in [1.82, 2.24) is 25.0 Å². The standard InChI is InChI=1S/C16H19N5O2/c1-11-4-3-5-14(19-11)16(23)20-9-12-6-7-18-21(12)13(10-20)8-15(22)17-2/h3-7,13H,8-10H2,1-2H3,(H,17,22)/t13-/m0/s1. The monoisotopic (exact) mass is 313 g/mol. The Bertz CT molecular complexity index is 740. The predicted molar refractivity (Wildman–Crippen MR) is 83.7 cm³/mol. The molecular weight excluding hydrogens is 294 g/mol. The summed E-state index contributed by atoms with van der Waals surface area (Å²) in [5.74, 6) is -0.192. The Morgan fingerprint density at radius 2 is 2.17 bits per heavy atom. The molecule has 0 spiro atoms. The number of nitrogens with zero attached hydrogens (tertiary/aromatic N) is 4. The van der Waals surface area contributed by atoms with Crippen LogP contribution in [0.15, 0.2) is 30.5 Å². The highest BCUT2D eigenvalue weighted by atomic mass is 16.2. The maximum atomic E-state index is 12.7. The summed E-state index contributed by atoms with van der Waals surface area (Å²) in [6.07, 6.45) is 1.99. The molecule has 23 heavy (non-hydrogen) atoms. The van der Waals surface area contributed by atoms with Gasteiger partial charge in [0.05, 0.1) is 24.7 Å². The molecule has 0 saturated carbocycles. The van der Waals surface area contributed by atoms with E-state index in [1.165, 1.54) is 0 Å². The lowest BCUT2D eigenvalue weighted by Crippen LogP contribution is -2.43. The second-order valence-electron chi connectivity index (χ2n) is 5.65. The third kappa shape index (κ3) is 3.08. The molecule has 2 aromatic heterocycles. The minimum atomic E-state index is -0.164. The van der Waals surface area contributed by atoms with Gasteiger partial charge in [-0.25, -0.2) is 4.98 Å². The maximum Gasteiger partial charge on any atom is 0.272 e. The highest BCUT2D eigenvalue weighted by Gasteiger charge is 2.30. The van der Waals surface area contributed by atoms with Crippen molar-refractivity contribution in [2.75, 3.05) is 13.6 Å². The van der Waals surface area contributed by atoms with Crippen LogP contribution < -0.4 is 5.32 Å². The highest BCUT2D eigenvalue weighted by molar-refractivity contribution is 5.92. The van der Waals surface area contributed by atoms with Crippen molar-refractivity contribution in [2.45, 2.75) is 25.9 Å². The van der Waals surface area contributed by atoms with Gasteiger partial charge in [0, 0.05) is 25.5 Å². The van der Waals surface area contributed by atoms with Crippen molar-refractivity contribution in [2.24, 2.45) is 0 Å². The highest BCUT2D eigenvalue weighted by Crippen LogP contribution is 2.24. The SMILES string of the molecule is CNC(=O)C[C@H]1CN(C(=O)c2cccc(C)n2)Cc2ccnn21. The lowest BCUT2D eigenvalue weighted by Gasteiger charge is -2.33. The summed E-state index contributed by atoms with van der Waals surface area (Å²) < 4.78 is 1.84. The number of aromatic nitrogens is 3. The number of rotatable bonds is 3. The van der Waals surface area contributed by atoms with Crippen molar-refractivity contribution in [3.05, 3.63) is 47.5 Å². The predicted octanol–water partition coefficient (Wildman–Crippen LogP) is 0.920. The summed E-state index contributed by atoms with van der Waals surface area (Å²) in [6, 6.07) is 7.11. The number of carbonyl (C=O) groups excluding carboxylic acids is 2. The minimum absolute atomic E-state index is 0.0700. The fourth-order valence-corrected chi connectivity index (χ4v) is 2.83. The Morgan fingerprint density at radius 1 is 1.35 bits per heavy atom. The number of fused-ring (bicyclic) bond motifs is 1. The van der Waals surface area contributed by atoms with E-state index in [9.17, 15) is 9.59 Å². The molecule has 0 fully saturated rings. The lowest BCUT2D eigenvalue weighted by atomic mass is 10.1. The lowest BCUT2D eigenvalue weighted by molar-refractivity contribution is -0.121. The molecule has 3 rings (SSSR count). The van der Waals surface area contributed by atoms with Crippen LogP contribution in [-0.2, 0) is 11.3 Å². The normalized spacial score (nSPS) is 16.8. The molecule has 2 amide bonds. The Kier molecular flexibility index (Phi) is 4.10. The molecule has 2 aromatic rings. The van der Waals surface area contributed by atoms with Crippen molar-refractivity contribution in [3.8, 4) is 0 Å². The summed E-state index contributed by atoms with van der Waals surface area (Å²) in [7, 11) is 1.61. The number of aryl methyl sites for hydroxylation is 1. The molecule has 1 atom stereocenters. The molecule has 7 heteroatoms. The Balaban J connectivity index is 1.85. The number of hydrogen-bond donors (Lipinski definition) is 1. The summed E-state index contributed by atoms with van der Waals surface area (Å²) >= 11 is 0. The van der Waals surface area contributed by atoms with Crippen LogP contribution in [0.1, 0.15) is 34.3 Å². The zero-order valence-electron chi connectivity index (χ0n) is 13.2. The zero-order valence-corrected chi connectivity index (χ0v) is 13.2. The van der Waals surface area contributed by atoms with E-state index in [0.717, 1.165) is 11.4 Å². The van der Waals surface area contributed by atoms with E-state index >= 15 is 0 Å². The van der Waals surface area contributed by atoms with E-state index in [1.807, 2.05) is 29.8 Å². The van der Waals surface area contributed by atoms with E-state index in [-0.39, 0.29) is 24.3 Å². The average Bonchev–Trinajstić information content (AvgIpc) is 3.02. The number of nitrogens with one attached hydrogen (secondary N) is 1. The third-order valence-electron chi connectivity index (χ3n) is 3.98. The molecule has 7 nitrogen and oxygen atoms in total. The summed E-state index contributed by atoms with van der Waals surface area (Å²) in [4.78, 5) is 30.5. The van der Waals surface area contributed by atoms with Crippen molar-refractivity contribution in [1.29, 1.82) is 0 Å². The van der Waals surface area contributed by atoms with Gasteiger partial charge in [-0.1, -0.05) is 6.07 Å². The first-order chi connectivity index (χ1) is 11.1. The third-order valence-corrected chi connectivity index (χ3v) is 3.98. The van der Waals surface area contributed by atoms with E-state index < -0.39 is 0 Å². The molecule has 1 aliphatic heterocycles. The van der Waals surface area contributed by atoms with E-state index in [1.54, 1.807) is 24.2 Å². The molecule has 1 N–H and O–H groups in total. The molecule has 0 unspecified atom stereocenters. The van der Waals surface area contributed by atoms with Gasteiger partial charge in [-0.3, -0.25) is 14.3 Å². The second kappa shape index (κ2) is 6.20.